The summed E-state index contributed by atoms with van der Waals surface area (Å²) in [5.41, 5.74) is 9.03. The van der Waals surface area contributed by atoms with Crippen molar-refractivity contribution in [2.24, 2.45) is 11.1 Å². The second-order valence-electron chi connectivity index (χ2n) is 6.64. The van der Waals surface area contributed by atoms with Gasteiger partial charge in [0.15, 0.2) is 0 Å². The maximum atomic E-state index is 6.42. The Hall–Kier alpha value is -0.350. The fraction of sp³-hybridized carbons (Fsp3) is 0.529. The summed E-state index contributed by atoms with van der Waals surface area (Å²) in [6.45, 7) is 12.7. The van der Waals surface area contributed by atoms with Crippen LogP contribution < -0.4 is 5.73 Å². The Balaban J connectivity index is 2.35. The molecule has 1 saturated carbocycles. The number of allylic oxidation sites excluding steroid dienone is 1. The number of nitrogens with two attached hydrogens (primary N) is 1. The third-order valence-corrected chi connectivity index (χ3v) is 7.33. The molecule has 2 N–H and O–H groups in total. The second kappa shape index (κ2) is 4.59. The highest BCUT2D eigenvalue weighted by Gasteiger charge is 2.65. The summed E-state index contributed by atoms with van der Waals surface area (Å²) in [5.74, 6) is 0.551. The number of benzene rings is 1. The first-order valence-electron chi connectivity index (χ1n) is 6.84. The molecular weight excluding hydrogens is 345 g/mol. The van der Waals surface area contributed by atoms with E-state index in [1.165, 1.54) is 11.1 Å². The standard InChI is InChI=1S/C17H24IN/c1-6-17(16(5,18)15(3,4)19)11-14(17)13-9-7-12(2)8-10-13/h6-10,14H,1,11,19H2,2-5H3/t14?,16-,17?/m1/s1. The van der Waals surface area contributed by atoms with Crippen molar-refractivity contribution in [2.45, 2.75) is 49.0 Å². The van der Waals surface area contributed by atoms with Gasteiger partial charge < -0.3 is 5.73 Å². The minimum absolute atomic E-state index is 0.00490. The van der Waals surface area contributed by atoms with Gasteiger partial charge >= 0.3 is 0 Å². The van der Waals surface area contributed by atoms with Crippen molar-refractivity contribution in [3.63, 3.8) is 0 Å². The van der Waals surface area contributed by atoms with Gasteiger partial charge in [-0.15, -0.1) is 6.58 Å². The Kier molecular flexibility index (Phi) is 3.63. The molecule has 3 atom stereocenters. The van der Waals surface area contributed by atoms with Gasteiger partial charge in [-0.25, -0.2) is 0 Å². The van der Waals surface area contributed by atoms with E-state index in [1.807, 2.05) is 0 Å². The molecule has 1 aromatic carbocycles. The number of alkyl halides is 1. The van der Waals surface area contributed by atoms with Gasteiger partial charge in [-0.3, -0.25) is 0 Å². The summed E-state index contributed by atoms with van der Waals surface area (Å²) in [5, 5.41) is 0. The molecule has 0 spiro atoms. The van der Waals surface area contributed by atoms with Crippen LogP contribution >= 0.6 is 22.6 Å². The molecule has 0 amide bonds. The highest BCUT2D eigenvalue weighted by molar-refractivity contribution is 14.1. The molecule has 1 fully saturated rings. The predicted octanol–water partition coefficient (Wildman–Crippen LogP) is 4.59. The Morgan fingerprint density at radius 1 is 1.32 bits per heavy atom. The molecule has 0 saturated heterocycles. The topological polar surface area (TPSA) is 26.0 Å². The number of rotatable bonds is 4. The molecule has 0 radical (unpaired) electrons. The smallest absolute Gasteiger partial charge is 0.0464 e. The minimum Gasteiger partial charge on any atom is -0.324 e. The van der Waals surface area contributed by atoms with Gasteiger partial charge in [-0.05, 0) is 45.6 Å². The zero-order valence-corrected chi connectivity index (χ0v) is 14.5. The average Bonchev–Trinajstić information content (AvgIpc) is 3.05. The largest absolute Gasteiger partial charge is 0.324 e. The first kappa shape index (κ1) is 15.0. The second-order valence-corrected chi connectivity index (χ2v) is 8.79. The molecule has 2 rings (SSSR count). The third-order valence-electron chi connectivity index (χ3n) is 4.93. The molecule has 2 unspecified atom stereocenters. The molecule has 0 bridgehead atoms. The lowest BCUT2D eigenvalue weighted by Gasteiger charge is -2.43. The van der Waals surface area contributed by atoms with E-state index in [-0.39, 0.29) is 14.4 Å². The monoisotopic (exact) mass is 369 g/mol. The molecular formula is C17H24IN. The van der Waals surface area contributed by atoms with Crippen LogP contribution in [0.3, 0.4) is 0 Å². The summed E-state index contributed by atoms with van der Waals surface area (Å²) in [6, 6.07) is 8.89. The van der Waals surface area contributed by atoms with E-state index in [0.717, 1.165) is 6.42 Å². The summed E-state index contributed by atoms with van der Waals surface area (Å²) in [6.07, 6.45) is 3.29. The molecule has 19 heavy (non-hydrogen) atoms. The highest BCUT2D eigenvalue weighted by Crippen LogP contribution is 2.70. The fourth-order valence-corrected chi connectivity index (χ4v) is 3.85. The maximum Gasteiger partial charge on any atom is 0.0464 e. The van der Waals surface area contributed by atoms with Crippen molar-refractivity contribution in [1.29, 1.82) is 0 Å². The van der Waals surface area contributed by atoms with Crippen LogP contribution in [-0.2, 0) is 0 Å². The Labute approximate surface area is 130 Å². The Morgan fingerprint density at radius 3 is 2.26 bits per heavy atom. The van der Waals surface area contributed by atoms with Gasteiger partial charge in [0, 0.05) is 14.4 Å². The zero-order chi connectivity index (χ0) is 14.5. The van der Waals surface area contributed by atoms with Crippen LogP contribution in [0.4, 0.5) is 0 Å². The maximum absolute atomic E-state index is 6.42. The van der Waals surface area contributed by atoms with E-state index >= 15 is 0 Å². The average molecular weight is 369 g/mol. The molecule has 0 aromatic heterocycles. The van der Waals surface area contributed by atoms with Crippen LogP contribution in [0, 0.1) is 12.3 Å². The molecule has 1 aliphatic carbocycles. The van der Waals surface area contributed by atoms with Gasteiger partial charge in [0.05, 0.1) is 0 Å². The van der Waals surface area contributed by atoms with Gasteiger partial charge in [0.1, 0.15) is 0 Å². The summed E-state index contributed by atoms with van der Waals surface area (Å²) < 4.78 is -0.00490. The van der Waals surface area contributed by atoms with Crippen molar-refractivity contribution in [1.82, 2.24) is 0 Å². The van der Waals surface area contributed by atoms with E-state index in [2.05, 4.69) is 87.2 Å². The lowest BCUT2D eigenvalue weighted by atomic mass is 9.75. The molecule has 1 nitrogen and oxygen atoms in total. The van der Waals surface area contributed by atoms with Crippen LogP contribution in [-0.4, -0.2) is 8.96 Å². The molecule has 104 valence electrons. The number of hydrogen-bond donors (Lipinski definition) is 1. The lowest BCUT2D eigenvalue weighted by Crippen LogP contribution is -2.55. The van der Waals surface area contributed by atoms with Crippen LogP contribution in [0.25, 0.3) is 0 Å². The van der Waals surface area contributed by atoms with Crippen LogP contribution in [0.1, 0.15) is 44.2 Å². The summed E-state index contributed by atoms with van der Waals surface area (Å²) >= 11 is 2.54. The highest BCUT2D eigenvalue weighted by atomic mass is 127. The van der Waals surface area contributed by atoms with E-state index in [9.17, 15) is 0 Å². The lowest BCUT2D eigenvalue weighted by molar-refractivity contribution is 0.313. The van der Waals surface area contributed by atoms with Crippen molar-refractivity contribution >= 4 is 22.6 Å². The minimum atomic E-state index is -0.235. The first-order chi connectivity index (χ1) is 8.65. The van der Waals surface area contributed by atoms with Crippen molar-refractivity contribution in [2.75, 3.05) is 0 Å². The molecule has 1 aromatic rings. The molecule has 2 heteroatoms. The molecule has 1 aliphatic rings. The fourth-order valence-electron chi connectivity index (χ4n) is 3.03. The first-order valence-corrected chi connectivity index (χ1v) is 7.91. The van der Waals surface area contributed by atoms with Crippen LogP contribution in [0.15, 0.2) is 36.9 Å². The Bertz CT molecular complexity index is 481. The quantitative estimate of drug-likeness (QED) is 0.469. The number of halogens is 1. The summed E-state index contributed by atoms with van der Waals surface area (Å²) in [7, 11) is 0. The van der Waals surface area contributed by atoms with E-state index < -0.39 is 0 Å². The predicted molar refractivity (Wildman–Crippen MR) is 91.9 cm³/mol. The Morgan fingerprint density at radius 2 is 1.84 bits per heavy atom. The molecule has 0 aliphatic heterocycles. The van der Waals surface area contributed by atoms with Crippen molar-refractivity contribution < 1.29 is 0 Å². The van der Waals surface area contributed by atoms with Gasteiger partial charge in [0.25, 0.3) is 0 Å². The normalized spacial score (nSPS) is 29.7. The zero-order valence-electron chi connectivity index (χ0n) is 12.3. The SMILES string of the molecule is C=CC1([C@](C)(I)C(C)(C)N)CC1c1ccc(C)cc1. The van der Waals surface area contributed by atoms with Crippen molar-refractivity contribution in [3.8, 4) is 0 Å². The van der Waals surface area contributed by atoms with Crippen LogP contribution in [0.5, 0.6) is 0 Å². The van der Waals surface area contributed by atoms with Crippen molar-refractivity contribution in [3.05, 3.63) is 48.0 Å². The van der Waals surface area contributed by atoms with Gasteiger partial charge in [-0.1, -0.05) is 58.5 Å². The molecule has 0 heterocycles. The third kappa shape index (κ3) is 2.27. The summed E-state index contributed by atoms with van der Waals surface area (Å²) in [4.78, 5) is 0. The van der Waals surface area contributed by atoms with E-state index in [0.29, 0.717) is 5.92 Å². The number of aryl methyl sites for hydroxylation is 1. The van der Waals surface area contributed by atoms with Gasteiger partial charge in [0.2, 0.25) is 0 Å². The van der Waals surface area contributed by atoms with Crippen LogP contribution in [0.2, 0.25) is 0 Å². The van der Waals surface area contributed by atoms with E-state index in [1.54, 1.807) is 0 Å². The van der Waals surface area contributed by atoms with Gasteiger partial charge in [-0.2, -0.15) is 0 Å². The van der Waals surface area contributed by atoms with E-state index in [4.69, 9.17) is 5.73 Å². The number of hydrogen-bond acceptors (Lipinski definition) is 1.